The fraction of sp³-hybridized carbons (Fsp3) is 0.444. The number of sulfonamides is 1. The number of anilines is 1. The lowest BCUT2D eigenvalue weighted by Gasteiger charge is -2.46. The largest absolute Gasteiger partial charge is 0.450 e. The first-order valence-electron chi connectivity index (χ1n) is 12.8. The molecular weight excluding hydrogens is 542 g/mol. The standard InChI is InChI=1S/C27H35N5O5S.ClH/c1-4-22-6-8-24(9-7-22)38(35,36)32-17-16-31(25(33)19-32)20-27(29-26(34)37-5-2)11-14-30(15-12-27)23-10-13-28-21(3)18-23;/h4,6-10,13,18H,1,5,11-12,14-17,19-20H2,2-3H3,(H,29,34);1H. The van der Waals surface area contributed by atoms with Crippen LogP contribution in [0.5, 0.6) is 0 Å². The predicted octanol–water partition coefficient (Wildman–Crippen LogP) is 3.07. The van der Waals surface area contributed by atoms with E-state index in [0.29, 0.717) is 25.9 Å². The van der Waals surface area contributed by atoms with Crippen LogP contribution in [0.15, 0.2) is 54.1 Å². The van der Waals surface area contributed by atoms with E-state index in [0.717, 1.165) is 16.9 Å². The smallest absolute Gasteiger partial charge is 0.407 e. The fourth-order valence-electron chi connectivity index (χ4n) is 4.98. The van der Waals surface area contributed by atoms with Gasteiger partial charge in [-0.05, 0) is 56.5 Å². The van der Waals surface area contributed by atoms with E-state index in [-0.39, 0.29) is 56.0 Å². The SMILES string of the molecule is C=Cc1ccc(S(=O)(=O)N2CCN(CC3(NC(=O)OCC)CCN(c4ccnc(C)c4)CC3)C(=O)C2)cc1.Cl. The molecule has 10 nitrogen and oxygen atoms in total. The third kappa shape index (κ3) is 7.09. The molecule has 1 aromatic heterocycles. The lowest BCUT2D eigenvalue weighted by Crippen LogP contribution is -2.64. The Hall–Kier alpha value is -3.15. The number of hydrogen-bond donors (Lipinski definition) is 1. The van der Waals surface area contributed by atoms with Gasteiger partial charge in [-0.3, -0.25) is 9.78 Å². The number of benzene rings is 1. The summed E-state index contributed by atoms with van der Waals surface area (Å²) >= 11 is 0. The third-order valence-electron chi connectivity index (χ3n) is 7.14. The average molecular weight is 578 g/mol. The van der Waals surface area contributed by atoms with Gasteiger partial charge in [-0.1, -0.05) is 24.8 Å². The minimum absolute atomic E-state index is 0. The van der Waals surface area contributed by atoms with Crippen molar-refractivity contribution in [1.82, 2.24) is 19.5 Å². The van der Waals surface area contributed by atoms with Gasteiger partial charge in [0.05, 0.1) is 23.6 Å². The Balaban J connectivity index is 0.00000420. The van der Waals surface area contributed by atoms with Crippen molar-refractivity contribution in [2.75, 3.05) is 50.8 Å². The van der Waals surface area contributed by atoms with E-state index in [4.69, 9.17) is 4.74 Å². The Bertz CT molecular complexity index is 1280. The summed E-state index contributed by atoms with van der Waals surface area (Å²) in [5, 5.41) is 3.03. The summed E-state index contributed by atoms with van der Waals surface area (Å²) in [6.07, 6.45) is 4.12. The monoisotopic (exact) mass is 577 g/mol. The molecule has 1 aromatic carbocycles. The second-order valence-corrected chi connectivity index (χ2v) is 11.6. The highest BCUT2D eigenvalue weighted by Gasteiger charge is 2.41. The zero-order valence-electron chi connectivity index (χ0n) is 22.3. The van der Waals surface area contributed by atoms with Gasteiger partial charge in [0.1, 0.15) is 0 Å². The van der Waals surface area contributed by atoms with Crippen LogP contribution in [-0.2, 0) is 19.6 Å². The molecule has 0 aliphatic carbocycles. The van der Waals surface area contributed by atoms with Crippen LogP contribution in [0.3, 0.4) is 0 Å². The summed E-state index contributed by atoms with van der Waals surface area (Å²) in [6.45, 7) is 9.44. The second-order valence-electron chi connectivity index (χ2n) is 9.70. The number of pyridine rings is 1. The number of amides is 2. The Labute approximate surface area is 236 Å². The normalized spacial score (nSPS) is 17.7. The van der Waals surface area contributed by atoms with Gasteiger partial charge in [-0.2, -0.15) is 4.31 Å². The van der Waals surface area contributed by atoms with Gasteiger partial charge in [0.15, 0.2) is 0 Å². The van der Waals surface area contributed by atoms with Crippen LogP contribution in [0.25, 0.3) is 6.08 Å². The zero-order chi connectivity index (χ0) is 27.3. The number of aromatic nitrogens is 1. The van der Waals surface area contributed by atoms with Crippen LogP contribution in [0.4, 0.5) is 10.5 Å². The van der Waals surface area contributed by atoms with Crippen molar-refractivity contribution in [1.29, 1.82) is 0 Å². The molecule has 0 saturated carbocycles. The lowest BCUT2D eigenvalue weighted by molar-refractivity contribution is -0.135. The molecule has 2 amide bonds. The summed E-state index contributed by atoms with van der Waals surface area (Å²) in [5.74, 6) is -0.292. The fourth-order valence-corrected chi connectivity index (χ4v) is 6.36. The molecule has 2 fully saturated rings. The maximum absolute atomic E-state index is 13.2. The molecule has 2 saturated heterocycles. The molecule has 39 heavy (non-hydrogen) atoms. The van der Waals surface area contributed by atoms with E-state index < -0.39 is 21.7 Å². The van der Waals surface area contributed by atoms with Crippen molar-refractivity contribution in [2.45, 2.75) is 37.1 Å². The van der Waals surface area contributed by atoms with E-state index >= 15 is 0 Å². The number of piperidine rings is 1. The Morgan fingerprint density at radius 2 is 1.85 bits per heavy atom. The molecule has 2 aliphatic heterocycles. The maximum atomic E-state index is 13.2. The summed E-state index contributed by atoms with van der Waals surface area (Å²) in [4.78, 5) is 34.0. The topological polar surface area (TPSA) is 112 Å². The van der Waals surface area contributed by atoms with E-state index in [1.54, 1.807) is 36.2 Å². The van der Waals surface area contributed by atoms with Crippen molar-refractivity contribution in [3.63, 3.8) is 0 Å². The summed E-state index contributed by atoms with van der Waals surface area (Å²) < 4.78 is 32.7. The van der Waals surface area contributed by atoms with Crippen molar-refractivity contribution in [2.24, 2.45) is 0 Å². The van der Waals surface area contributed by atoms with Crippen LogP contribution >= 0.6 is 12.4 Å². The number of alkyl carbamates (subject to hydrolysis) is 1. The van der Waals surface area contributed by atoms with E-state index in [9.17, 15) is 18.0 Å². The van der Waals surface area contributed by atoms with Crippen LogP contribution in [0, 0.1) is 6.92 Å². The highest BCUT2D eigenvalue weighted by molar-refractivity contribution is 7.89. The molecule has 0 spiro atoms. The number of nitrogens with zero attached hydrogens (tertiary/aromatic N) is 4. The van der Waals surface area contributed by atoms with E-state index in [1.165, 1.54) is 16.4 Å². The first kappa shape index (κ1) is 30.4. The molecule has 0 atom stereocenters. The van der Waals surface area contributed by atoms with Crippen molar-refractivity contribution in [3.8, 4) is 0 Å². The molecule has 0 unspecified atom stereocenters. The Morgan fingerprint density at radius 3 is 2.44 bits per heavy atom. The summed E-state index contributed by atoms with van der Waals surface area (Å²) in [5.41, 5.74) is 2.13. The van der Waals surface area contributed by atoms with Gasteiger partial charge in [-0.15, -0.1) is 12.4 Å². The van der Waals surface area contributed by atoms with Gasteiger partial charge in [0.2, 0.25) is 15.9 Å². The van der Waals surface area contributed by atoms with Crippen LogP contribution in [-0.4, -0.2) is 86.0 Å². The molecule has 3 heterocycles. The minimum atomic E-state index is -3.81. The molecule has 0 radical (unpaired) electrons. The number of ether oxygens (including phenoxy) is 1. The number of hydrogen-bond acceptors (Lipinski definition) is 7. The maximum Gasteiger partial charge on any atom is 0.407 e. The summed E-state index contributed by atoms with van der Waals surface area (Å²) in [7, 11) is -3.81. The highest BCUT2D eigenvalue weighted by Crippen LogP contribution is 2.29. The third-order valence-corrected chi connectivity index (χ3v) is 9.00. The Kier molecular flexibility index (Phi) is 9.98. The number of carbonyl (C=O) groups excluding carboxylic acids is 2. The number of halogens is 1. The van der Waals surface area contributed by atoms with Crippen LogP contribution in [0.2, 0.25) is 0 Å². The highest BCUT2D eigenvalue weighted by atomic mass is 35.5. The molecule has 212 valence electrons. The van der Waals surface area contributed by atoms with Gasteiger partial charge in [-0.25, -0.2) is 13.2 Å². The molecule has 1 N–H and O–H groups in total. The average Bonchev–Trinajstić information content (AvgIpc) is 2.90. The zero-order valence-corrected chi connectivity index (χ0v) is 24.0. The van der Waals surface area contributed by atoms with Crippen LogP contribution < -0.4 is 10.2 Å². The minimum Gasteiger partial charge on any atom is -0.450 e. The first-order chi connectivity index (χ1) is 18.2. The number of piperazine rings is 1. The number of nitrogens with one attached hydrogen (secondary N) is 1. The molecule has 2 aromatic rings. The second kappa shape index (κ2) is 12.8. The number of rotatable bonds is 8. The molecular formula is C27H36ClN5O5S. The molecule has 12 heteroatoms. The van der Waals surface area contributed by atoms with Crippen LogP contribution in [0.1, 0.15) is 31.0 Å². The van der Waals surface area contributed by atoms with Crippen molar-refractivity contribution < 1.29 is 22.7 Å². The summed E-state index contributed by atoms with van der Waals surface area (Å²) in [6, 6.07) is 10.4. The number of carbonyl (C=O) groups is 2. The lowest BCUT2D eigenvalue weighted by atomic mass is 9.86. The van der Waals surface area contributed by atoms with E-state index in [1.807, 2.05) is 19.1 Å². The van der Waals surface area contributed by atoms with Gasteiger partial charge >= 0.3 is 6.09 Å². The predicted molar refractivity (Wildman–Crippen MR) is 152 cm³/mol. The molecule has 2 aliphatic rings. The van der Waals surface area contributed by atoms with Crippen molar-refractivity contribution >= 4 is 46.2 Å². The first-order valence-corrected chi connectivity index (χ1v) is 14.2. The quantitative estimate of drug-likeness (QED) is 0.513. The van der Waals surface area contributed by atoms with Crippen molar-refractivity contribution in [3.05, 3.63) is 60.4 Å². The van der Waals surface area contributed by atoms with Gasteiger partial charge in [0.25, 0.3) is 0 Å². The number of aryl methyl sites for hydroxylation is 1. The van der Waals surface area contributed by atoms with Gasteiger partial charge < -0.3 is 19.9 Å². The Morgan fingerprint density at radius 1 is 1.15 bits per heavy atom. The van der Waals surface area contributed by atoms with E-state index in [2.05, 4.69) is 21.8 Å². The molecule has 0 bridgehead atoms. The molecule has 4 rings (SSSR count). The van der Waals surface area contributed by atoms with Gasteiger partial charge in [0, 0.05) is 50.3 Å².